The Kier molecular flexibility index (Phi) is 7.04. The molecule has 0 aliphatic carbocycles. The molecule has 4 aromatic rings. The summed E-state index contributed by atoms with van der Waals surface area (Å²) in [5.74, 6) is 0.788. The number of amides is 1. The van der Waals surface area contributed by atoms with Crippen molar-refractivity contribution in [2.45, 2.75) is 18.6 Å². The van der Waals surface area contributed by atoms with Crippen molar-refractivity contribution in [3.8, 4) is 22.6 Å². The Morgan fingerprint density at radius 1 is 1.16 bits per heavy atom. The van der Waals surface area contributed by atoms with E-state index in [4.69, 9.17) is 11.6 Å². The van der Waals surface area contributed by atoms with Gasteiger partial charge in [-0.05, 0) is 19.1 Å². The number of aryl methyl sites for hydroxylation is 1. The lowest BCUT2D eigenvalue weighted by Crippen LogP contribution is -2.14. The highest BCUT2D eigenvalue weighted by molar-refractivity contribution is 7.99. The summed E-state index contributed by atoms with van der Waals surface area (Å²) in [7, 11) is 0. The van der Waals surface area contributed by atoms with Crippen molar-refractivity contribution in [3.63, 3.8) is 0 Å². The summed E-state index contributed by atoms with van der Waals surface area (Å²) in [6.45, 7) is 6.42. The van der Waals surface area contributed by atoms with Crippen molar-refractivity contribution < 1.29 is 4.79 Å². The maximum atomic E-state index is 12.5. The fourth-order valence-corrected chi connectivity index (χ4v) is 4.58. The highest BCUT2D eigenvalue weighted by Crippen LogP contribution is 2.27. The molecule has 2 aromatic carbocycles. The minimum atomic E-state index is -0.156. The van der Waals surface area contributed by atoms with Crippen LogP contribution in [0.25, 0.3) is 22.6 Å². The molecule has 2 heterocycles. The second-order valence-electron chi connectivity index (χ2n) is 6.95. The van der Waals surface area contributed by atoms with Gasteiger partial charge in [-0.2, -0.15) is 0 Å². The van der Waals surface area contributed by atoms with Crippen LogP contribution in [-0.2, 0) is 11.3 Å². The quantitative estimate of drug-likeness (QED) is 0.249. The topological polar surface area (TPSA) is 72.7 Å². The van der Waals surface area contributed by atoms with Gasteiger partial charge < -0.3 is 5.32 Å². The third kappa shape index (κ3) is 5.27. The van der Waals surface area contributed by atoms with Crippen LogP contribution in [0.15, 0.2) is 71.7 Å². The molecule has 6 nitrogen and oxygen atoms in total. The number of thiazole rings is 1. The summed E-state index contributed by atoms with van der Waals surface area (Å²) in [5.41, 5.74) is 3.89. The molecule has 0 saturated carbocycles. The Morgan fingerprint density at radius 3 is 2.59 bits per heavy atom. The van der Waals surface area contributed by atoms with E-state index in [9.17, 15) is 4.79 Å². The number of nitrogens with one attached hydrogen (secondary N) is 1. The molecule has 4 rings (SSSR count). The Bertz CT molecular complexity index is 1230. The van der Waals surface area contributed by atoms with Gasteiger partial charge in [-0.25, -0.2) is 4.98 Å². The van der Waals surface area contributed by atoms with Crippen molar-refractivity contribution in [1.29, 1.82) is 0 Å². The fourth-order valence-electron chi connectivity index (χ4n) is 2.98. The van der Waals surface area contributed by atoms with Gasteiger partial charge in [-0.3, -0.25) is 9.36 Å². The minimum absolute atomic E-state index is 0.156. The summed E-state index contributed by atoms with van der Waals surface area (Å²) in [6.07, 6.45) is 1.79. The van der Waals surface area contributed by atoms with Crippen LogP contribution in [0.4, 0.5) is 5.13 Å². The molecule has 0 aliphatic heterocycles. The maximum Gasteiger partial charge on any atom is 0.236 e. The van der Waals surface area contributed by atoms with Crippen LogP contribution in [0.1, 0.15) is 5.56 Å². The number of allylic oxidation sites excluding steroid dienone is 1. The van der Waals surface area contributed by atoms with Crippen molar-refractivity contribution in [3.05, 3.63) is 77.2 Å². The first-order valence-electron chi connectivity index (χ1n) is 9.79. The highest BCUT2D eigenvalue weighted by Gasteiger charge is 2.16. The number of aromatic nitrogens is 4. The number of anilines is 1. The van der Waals surface area contributed by atoms with Gasteiger partial charge in [0, 0.05) is 28.1 Å². The summed E-state index contributed by atoms with van der Waals surface area (Å²) in [4.78, 5) is 17.0. The number of benzene rings is 2. The summed E-state index contributed by atoms with van der Waals surface area (Å²) < 4.78 is 1.96. The first-order valence-corrected chi connectivity index (χ1v) is 12.0. The normalized spacial score (nSPS) is 10.8. The van der Waals surface area contributed by atoms with E-state index in [1.165, 1.54) is 28.7 Å². The van der Waals surface area contributed by atoms with Crippen LogP contribution in [0.2, 0.25) is 5.02 Å². The molecular weight excluding hydrogens is 462 g/mol. The zero-order valence-corrected chi connectivity index (χ0v) is 19.7. The number of hydrogen-bond donors (Lipinski definition) is 1. The van der Waals surface area contributed by atoms with Gasteiger partial charge in [0.05, 0.1) is 11.4 Å². The van der Waals surface area contributed by atoms with E-state index in [1.807, 2.05) is 65.4 Å². The zero-order chi connectivity index (χ0) is 22.5. The molecule has 2 aromatic heterocycles. The van der Waals surface area contributed by atoms with Crippen LogP contribution < -0.4 is 5.32 Å². The lowest BCUT2D eigenvalue weighted by Gasteiger charge is -2.08. The van der Waals surface area contributed by atoms with Crippen LogP contribution >= 0.6 is 34.7 Å². The molecule has 1 amide bonds. The molecule has 162 valence electrons. The lowest BCUT2D eigenvalue weighted by atomic mass is 10.1. The minimum Gasteiger partial charge on any atom is -0.301 e. The molecule has 0 bridgehead atoms. The molecule has 0 fully saturated rings. The van der Waals surface area contributed by atoms with Crippen LogP contribution in [0, 0.1) is 6.92 Å². The molecule has 0 spiro atoms. The van der Waals surface area contributed by atoms with Crippen LogP contribution in [-0.4, -0.2) is 31.4 Å². The average Bonchev–Trinajstić information content (AvgIpc) is 3.41. The standard InChI is InChI=1S/C23H20ClN5OS2/c1-3-12-29-21(17-6-4-15(2)5-7-17)27-28-23(29)32-14-20(30)26-22-25-19(13-31-22)16-8-10-18(24)11-9-16/h3-11,13H,1,12,14H2,2H3,(H,25,26,30). The van der Waals surface area contributed by atoms with Crippen LogP contribution in [0.3, 0.4) is 0 Å². The number of nitrogens with zero attached hydrogens (tertiary/aromatic N) is 4. The number of carbonyl (C=O) groups is 1. The molecule has 0 atom stereocenters. The van der Waals surface area contributed by atoms with E-state index in [0.717, 1.165) is 22.6 Å². The Balaban J connectivity index is 1.41. The number of hydrogen-bond acceptors (Lipinski definition) is 6. The smallest absolute Gasteiger partial charge is 0.236 e. The number of carbonyl (C=O) groups excluding carboxylic acids is 1. The second kappa shape index (κ2) is 10.1. The SMILES string of the molecule is C=CCn1c(SCC(=O)Nc2nc(-c3ccc(Cl)cc3)cs2)nnc1-c1ccc(C)cc1. The third-order valence-electron chi connectivity index (χ3n) is 4.56. The summed E-state index contributed by atoms with van der Waals surface area (Å²) >= 11 is 8.65. The van der Waals surface area contributed by atoms with Crippen molar-refractivity contribution in [2.24, 2.45) is 0 Å². The second-order valence-corrected chi connectivity index (χ2v) is 9.19. The van der Waals surface area contributed by atoms with Crippen molar-refractivity contribution in [1.82, 2.24) is 19.7 Å². The predicted molar refractivity (Wildman–Crippen MR) is 132 cm³/mol. The Morgan fingerprint density at radius 2 is 1.88 bits per heavy atom. The molecule has 32 heavy (non-hydrogen) atoms. The van der Waals surface area contributed by atoms with Crippen molar-refractivity contribution in [2.75, 3.05) is 11.1 Å². The highest BCUT2D eigenvalue weighted by atomic mass is 35.5. The Hall–Kier alpha value is -2.94. The first kappa shape index (κ1) is 22.3. The molecule has 0 saturated heterocycles. The largest absolute Gasteiger partial charge is 0.301 e. The van der Waals surface area contributed by atoms with Crippen molar-refractivity contribution >= 4 is 45.7 Å². The molecule has 9 heteroatoms. The van der Waals surface area contributed by atoms with E-state index in [2.05, 4.69) is 27.1 Å². The molecular formula is C23H20ClN5OS2. The summed E-state index contributed by atoms with van der Waals surface area (Å²) in [5, 5.41) is 15.3. The first-order chi connectivity index (χ1) is 15.5. The van der Waals surface area contributed by atoms with Gasteiger partial charge in [-0.1, -0.05) is 71.4 Å². The van der Waals surface area contributed by atoms with E-state index < -0.39 is 0 Å². The van der Waals surface area contributed by atoms with E-state index >= 15 is 0 Å². The third-order valence-corrected chi connectivity index (χ3v) is 6.54. The fraction of sp³-hybridized carbons (Fsp3) is 0.130. The lowest BCUT2D eigenvalue weighted by molar-refractivity contribution is -0.113. The van der Waals surface area contributed by atoms with Gasteiger partial charge in [0.1, 0.15) is 0 Å². The Labute approximate surface area is 199 Å². The maximum absolute atomic E-state index is 12.5. The average molecular weight is 482 g/mol. The predicted octanol–water partition coefficient (Wildman–Crippen LogP) is 5.95. The molecule has 0 radical (unpaired) electrons. The number of thioether (sulfide) groups is 1. The van der Waals surface area contributed by atoms with E-state index in [0.29, 0.717) is 21.9 Å². The van der Waals surface area contributed by atoms with E-state index in [1.54, 1.807) is 6.08 Å². The van der Waals surface area contributed by atoms with Gasteiger partial charge in [-0.15, -0.1) is 28.1 Å². The van der Waals surface area contributed by atoms with Gasteiger partial charge in [0.2, 0.25) is 5.91 Å². The number of rotatable bonds is 8. The molecule has 0 aliphatic rings. The zero-order valence-electron chi connectivity index (χ0n) is 17.3. The number of halogens is 1. The molecule has 0 unspecified atom stereocenters. The van der Waals surface area contributed by atoms with Gasteiger partial charge >= 0.3 is 0 Å². The monoisotopic (exact) mass is 481 g/mol. The summed E-state index contributed by atoms with van der Waals surface area (Å²) in [6, 6.07) is 15.5. The van der Waals surface area contributed by atoms with Gasteiger partial charge in [0.25, 0.3) is 0 Å². The van der Waals surface area contributed by atoms with E-state index in [-0.39, 0.29) is 11.7 Å². The van der Waals surface area contributed by atoms with Crippen LogP contribution in [0.5, 0.6) is 0 Å². The molecule has 1 N–H and O–H groups in total. The van der Waals surface area contributed by atoms with Gasteiger partial charge in [0.15, 0.2) is 16.1 Å².